The highest BCUT2D eigenvalue weighted by molar-refractivity contribution is 14.0. The molecule has 0 radical (unpaired) electrons. The van der Waals surface area contributed by atoms with E-state index in [1.165, 1.54) is 10.4 Å². The Bertz CT molecular complexity index is 717. The minimum absolute atomic E-state index is 0. The van der Waals surface area contributed by atoms with Crippen LogP contribution >= 0.6 is 35.3 Å². The number of benzene rings is 1. The van der Waals surface area contributed by atoms with Crippen LogP contribution in [0.25, 0.3) is 0 Å². The minimum atomic E-state index is 0. The second-order valence-corrected chi connectivity index (χ2v) is 8.24. The van der Waals surface area contributed by atoms with Crippen LogP contribution in [-0.4, -0.2) is 49.1 Å². The Hall–Kier alpha value is -1.19. The molecule has 2 N–H and O–H groups in total. The zero-order valence-electron chi connectivity index (χ0n) is 17.7. The Morgan fingerprint density at radius 1 is 1.18 bits per heavy atom. The summed E-state index contributed by atoms with van der Waals surface area (Å²) in [5, 5.41) is 7.96. The van der Waals surface area contributed by atoms with Gasteiger partial charge in [0.2, 0.25) is 0 Å². The maximum atomic E-state index is 4.48. The first kappa shape index (κ1) is 24.8. The fourth-order valence-corrected chi connectivity index (χ4v) is 3.90. The highest BCUT2D eigenvalue weighted by atomic mass is 127. The Balaban J connectivity index is 0.00000392. The molecule has 0 fully saturated rings. The van der Waals surface area contributed by atoms with Crippen LogP contribution in [0, 0.1) is 13.8 Å². The molecule has 28 heavy (non-hydrogen) atoms. The van der Waals surface area contributed by atoms with E-state index in [9.17, 15) is 0 Å². The number of hydrogen-bond donors (Lipinski definition) is 2. The molecule has 1 aromatic heterocycles. The monoisotopic (exact) mass is 515 g/mol. The molecule has 2 aromatic rings. The Morgan fingerprint density at radius 3 is 2.46 bits per heavy atom. The lowest BCUT2D eigenvalue weighted by atomic mass is 10.1. The SMILES string of the molecule is CN=C(NCCc1sc(C)nc1C)NCCC(C)N(C)Cc1ccccc1.I. The zero-order chi connectivity index (χ0) is 19.6. The van der Waals surface area contributed by atoms with E-state index in [1.54, 1.807) is 11.3 Å². The summed E-state index contributed by atoms with van der Waals surface area (Å²) in [5.41, 5.74) is 2.50. The van der Waals surface area contributed by atoms with Crippen molar-refractivity contribution in [2.24, 2.45) is 4.99 Å². The predicted octanol–water partition coefficient (Wildman–Crippen LogP) is 4.00. The summed E-state index contributed by atoms with van der Waals surface area (Å²) in [4.78, 5) is 12.6. The highest BCUT2D eigenvalue weighted by Crippen LogP contribution is 2.17. The van der Waals surface area contributed by atoms with Gasteiger partial charge in [-0.05, 0) is 39.8 Å². The van der Waals surface area contributed by atoms with Gasteiger partial charge in [0.25, 0.3) is 0 Å². The Labute approximate surface area is 191 Å². The third-order valence-electron chi connectivity index (χ3n) is 4.75. The standard InChI is InChI=1S/C21H33N5S.HI/c1-16(26(5)15-19-9-7-6-8-10-19)11-13-23-21(22-4)24-14-12-20-17(2)25-18(3)27-20;/h6-10,16H,11-15H2,1-5H3,(H2,22,23,24);1H. The van der Waals surface area contributed by atoms with Crippen LogP contribution < -0.4 is 10.6 Å². The second-order valence-electron chi connectivity index (χ2n) is 6.96. The zero-order valence-corrected chi connectivity index (χ0v) is 20.8. The molecular weight excluding hydrogens is 481 g/mol. The molecule has 1 unspecified atom stereocenters. The van der Waals surface area contributed by atoms with Crippen molar-refractivity contribution < 1.29 is 0 Å². The molecule has 1 aromatic carbocycles. The first-order valence-electron chi connectivity index (χ1n) is 9.61. The van der Waals surface area contributed by atoms with Crippen molar-refractivity contribution in [2.45, 2.75) is 46.2 Å². The lowest BCUT2D eigenvalue weighted by Crippen LogP contribution is -2.40. The summed E-state index contributed by atoms with van der Waals surface area (Å²) in [6, 6.07) is 11.1. The number of aromatic nitrogens is 1. The molecule has 156 valence electrons. The molecule has 0 spiro atoms. The first-order valence-corrected chi connectivity index (χ1v) is 10.4. The number of nitrogens with zero attached hydrogens (tertiary/aromatic N) is 3. The lowest BCUT2D eigenvalue weighted by molar-refractivity contribution is 0.238. The molecule has 1 atom stereocenters. The molecule has 0 amide bonds. The molecule has 0 saturated heterocycles. The predicted molar refractivity (Wildman–Crippen MR) is 132 cm³/mol. The number of aliphatic imine (C=N–C) groups is 1. The van der Waals surface area contributed by atoms with Crippen LogP contribution in [0.5, 0.6) is 0 Å². The smallest absolute Gasteiger partial charge is 0.190 e. The van der Waals surface area contributed by atoms with Gasteiger partial charge in [0.1, 0.15) is 0 Å². The molecule has 0 aliphatic rings. The van der Waals surface area contributed by atoms with Gasteiger partial charge in [0, 0.05) is 44.0 Å². The quantitative estimate of drug-likeness (QED) is 0.301. The van der Waals surface area contributed by atoms with Gasteiger partial charge in [0.05, 0.1) is 10.7 Å². The van der Waals surface area contributed by atoms with E-state index in [0.29, 0.717) is 6.04 Å². The van der Waals surface area contributed by atoms with Crippen LogP contribution in [-0.2, 0) is 13.0 Å². The van der Waals surface area contributed by atoms with Gasteiger partial charge in [-0.1, -0.05) is 30.3 Å². The molecule has 2 rings (SSSR count). The summed E-state index contributed by atoms with van der Waals surface area (Å²) >= 11 is 1.78. The fraction of sp³-hybridized carbons (Fsp3) is 0.524. The maximum Gasteiger partial charge on any atom is 0.190 e. The van der Waals surface area contributed by atoms with E-state index in [1.807, 2.05) is 7.05 Å². The molecule has 0 aliphatic heterocycles. The van der Waals surface area contributed by atoms with Crippen molar-refractivity contribution in [3.63, 3.8) is 0 Å². The van der Waals surface area contributed by atoms with Gasteiger partial charge in [0.15, 0.2) is 5.96 Å². The first-order chi connectivity index (χ1) is 13.0. The molecule has 0 saturated carbocycles. The summed E-state index contributed by atoms with van der Waals surface area (Å²) in [7, 11) is 4.01. The Morgan fingerprint density at radius 2 is 1.86 bits per heavy atom. The minimum Gasteiger partial charge on any atom is -0.356 e. The number of halogens is 1. The van der Waals surface area contributed by atoms with Crippen LogP contribution in [0.4, 0.5) is 0 Å². The van der Waals surface area contributed by atoms with Gasteiger partial charge in [-0.25, -0.2) is 4.98 Å². The normalized spacial score (nSPS) is 12.6. The van der Waals surface area contributed by atoms with Crippen LogP contribution in [0.2, 0.25) is 0 Å². The number of aryl methyl sites for hydroxylation is 2. The summed E-state index contributed by atoms with van der Waals surface area (Å²) in [6.07, 6.45) is 2.05. The van der Waals surface area contributed by atoms with Gasteiger partial charge in [-0.15, -0.1) is 35.3 Å². The van der Waals surface area contributed by atoms with Crippen LogP contribution in [0.15, 0.2) is 35.3 Å². The van der Waals surface area contributed by atoms with Crippen molar-refractivity contribution in [3.05, 3.63) is 51.5 Å². The average molecular weight is 516 g/mol. The van der Waals surface area contributed by atoms with Gasteiger partial charge >= 0.3 is 0 Å². The summed E-state index contributed by atoms with van der Waals surface area (Å²) < 4.78 is 0. The third kappa shape index (κ3) is 8.45. The van der Waals surface area contributed by atoms with Crippen molar-refractivity contribution in [2.75, 3.05) is 27.2 Å². The second kappa shape index (κ2) is 13.1. The van der Waals surface area contributed by atoms with Crippen LogP contribution in [0.1, 0.15) is 34.5 Å². The topological polar surface area (TPSA) is 52.6 Å². The number of guanidine groups is 1. The maximum absolute atomic E-state index is 4.48. The van der Waals surface area contributed by atoms with Crippen molar-refractivity contribution >= 4 is 41.3 Å². The van der Waals surface area contributed by atoms with Crippen molar-refractivity contribution in [1.82, 2.24) is 20.5 Å². The van der Waals surface area contributed by atoms with Gasteiger partial charge < -0.3 is 10.6 Å². The van der Waals surface area contributed by atoms with E-state index >= 15 is 0 Å². The molecule has 0 aliphatic carbocycles. The van der Waals surface area contributed by atoms with Crippen molar-refractivity contribution in [1.29, 1.82) is 0 Å². The summed E-state index contributed by atoms with van der Waals surface area (Å²) in [6.45, 7) is 9.16. The average Bonchev–Trinajstić information content (AvgIpc) is 2.98. The highest BCUT2D eigenvalue weighted by Gasteiger charge is 2.10. The van der Waals surface area contributed by atoms with Crippen molar-refractivity contribution in [3.8, 4) is 0 Å². The van der Waals surface area contributed by atoms with E-state index < -0.39 is 0 Å². The summed E-state index contributed by atoms with van der Waals surface area (Å²) in [5.74, 6) is 0.867. The largest absolute Gasteiger partial charge is 0.356 e. The Kier molecular flexibility index (Phi) is 11.6. The molecule has 1 heterocycles. The molecule has 7 heteroatoms. The van der Waals surface area contributed by atoms with E-state index in [0.717, 1.165) is 49.1 Å². The van der Waals surface area contributed by atoms with Crippen LogP contribution in [0.3, 0.4) is 0 Å². The number of nitrogens with one attached hydrogen (secondary N) is 2. The lowest BCUT2D eigenvalue weighted by Gasteiger charge is -2.25. The number of hydrogen-bond acceptors (Lipinski definition) is 4. The third-order valence-corrected chi connectivity index (χ3v) is 5.88. The number of thiazole rings is 1. The van der Waals surface area contributed by atoms with E-state index in [2.05, 4.69) is 83.7 Å². The van der Waals surface area contributed by atoms with E-state index in [4.69, 9.17) is 0 Å². The van der Waals surface area contributed by atoms with Gasteiger partial charge in [-0.2, -0.15) is 0 Å². The molecular formula is C21H34IN5S. The van der Waals surface area contributed by atoms with E-state index in [-0.39, 0.29) is 24.0 Å². The molecule has 5 nitrogen and oxygen atoms in total. The fourth-order valence-electron chi connectivity index (χ4n) is 2.97. The molecule has 0 bridgehead atoms. The van der Waals surface area contributed by atoms with Gasteiger partial charge in [-0.3, -0.25) is 9.89 Å². The number of rotatable bonds is 9.